The number of rotatable bonds is 4. The van der Waals surface area contributed by atoms with Crippen LogP contribution in [0.1, 0.15) is 11.1 Å². The third kappa shape index (κ3) is 2.47. The van der Waals surface area contributed by atoms with Gasteiger partial charge >= 0.3 is 0 Å². The minimum absolute atomic E-state index is 0.300. The van der Waals surface area contributed by atoms with Gasteiger partial charge in [-0.3, -0.25) is 4.79 Å². The summed E-state index contributed by atoms with van der Waals surface area (Å²) in [6.07, 6.45) is 1.80. The number of hydrogen-bond acceptors (Lipinski definition) is 2. The van der Waals surface area contributed by atoms with E-state index in [0.29, 0.717) is 6.54 Å². The summed E-state index contributed by atoms with van der Waals surface area (Å²) in [6.45, 7) is 3.10. The van der Waals surface area contributed by atoms with E-state index in [-0.39, 0.29) is 0 Å². The molecule has 1 aromatic carbocycles. The smallest absolute Gasteiger partial charge is 0.213 e. The summed E-state index contributed by atoms with van der Waals surface area (Å²) in [5, 5.41) is 2.97. The number of hydrogen-bond donors (Lipinski definition) is 1. The first-order chi connectivity index (χ1) is 5.84. The Balaban J connectivity index is 2.51. The number of benzene rings is 1. The average Bonchev–Trinajstić information content (AvgIpc) is 2.09. The molecule has 12 heavy (non-hydrogen) atoms. The maximum absolute atomic E-state index is 9.89. The van der Waals surface area contributed by atoms with Crippen molar-refractivity contribution in [1.29, 1.82) is 0 Å². The van der Waals surface area contributed by atoms with E-state index in [1.807, 2.05) is 18.2 Å². The molecule has 0 saturated heterocycles. The van der Waals surface area contributed by atoms with Crippen LogP contribution in [0, 0.1) is 6.92 Å². The lowest BCUT2D eigenvalue weighted by atomic mass is 10.1. The van der Waals surface area contributed by atoms with E-state index in [4.69, 9.17) is 0 Å². The van der Waals surface area contributed by atoms with Crippen molar-refractivity contribution in [3.8, 4) is 0 Å². The molecular formula is C10H12NO. The van der Waals surface area contributed by atoms with Crippen molar-refractivity contribution in [1.82, 2.24) is 5.32 Å². The molecule has 0 heterocycles. The van der Waals surface area contributed by atoms with E-state index in [0.717, 1.165) is 6.54 Å². The van der Waals surface area contributed by atoms with Crippen molar-refractivity contribution in [2.75, 3.05) is 6.54 Å². The van der Waals surface area contributed by atoms with Crippen LogP contribution in [-0.4, -0.2) is 12.8 Å². The maximum atomic E-state index is 9.89. The van der Waals surface area contributed by atoms with Gasteiger partial charge in [0.2, 0.25) is 6.29 Å². The summed E-state index contributed by atoms with van der Waals surface area (Å²) >= 11 is 0. The fraction of sp³-hybridized carbons (Fsp3) is 0.300. The van der Waals surface area contributed by atoms with E-state index in [1.165, 1.54) is 11.1 Å². The zero-order valence-corrected chi connectivity index (χ0v) is 7.13. The molecule has 0 unspecified atom stereocenters. The molecule has 0 spiro atoms. The molecule has 1 radical (unpaired) electrons. The van der Waals surface area contributed by atoms with E-state index in [2.05, 4.69) is 18.3 Å². The third-order valence-corrected chi connectivity index (χ3v) is 1.77. The van der Waals surface area contributed by atoms with Gasteiger partial charge in [0, 0.05) is 6.54 Å². The highest BCUT2D eigenvalue weighted by atomic mass is 16.1. The number of nitrogens with one attached hydrogen (secondary N) is 1. The highest BCUT2D eigenvalue weighted by Crippen LogP contribution is 2.05. The molecule has 0 atom stereocenters. The molecule has 1 aromatic rings. The fourth-order valence-electron chi connectivity index (χ4n) is 1.06. The molecule has 0 bridgehead atoms. The summed E-state index contributed by atoms with van der Waals surface area (Å²) in [4.78, 5) is 9.89. The second-order valence-electron chi connectivity index (χ2n) is 2.67. The zero-order valence-electron chi connectivity index (χ0n) is 7.13. The Morgan fingerprint density at radius 1 is 1.42 bits per heavy atom. The SMILES string of the molecule is Cc1ccccc1CNC[C]=O. The predicted octanol–water partition coefficient (Wildman–Crippen LogP) is 1.19. The highest BCUT2D eigenvalue weighted by molar-refractivity contribution is 5.52. The Bertz CT molecular complexity index is 258. The lowest BCUT2D eigenvalue weighted by molar-refractivity contribution is 0.548. The fourth-order valence-corrected chi connectivity index (χ4v) is 1.06. The van der Waals surface area contributed by atoms with Crippen molar-refractivity contribution < 1.29 is 4.79 Å². The first-order valence-corrected chi connectivity index (χ1v) is 3.95. The summed E-state index contributed by atoms with van der Waals surface area (Å²) in [6, 6.07) is 8.11. The first kappa shape index (κ1) is 8.94. The molecule has 0 aliphatic rings. The Kier molecular flexibility index (Phi) is 3.48. The monoisotopic (exact) mass is 162 g/mol. The highest BCUT2D eigenvalue weighted by Gasteiger charge is 1.94. The van der Waals surface area contributed by atoms with E-state index in [9.17, 15) is 4.79 Å². The zero-order chi connectivity index (χ0) is 8.81. The molecule has 1 N–H and O–H groups in total. The van der Waals surface area contributed by atoms with E-state index in [1.54, 1.807) is 6.29 Å². The van der Waals surface area contributed by atoms with Crippen molar-refractivity contribution >= 4 is 6.29 Å². The van der Waals surface area contributed by atoms with Gasteiger partial charge in [-0.25, -0.2) is 0 Å². The van der Waals surface area contributed by atoms with Crippen LogP contribution in [-0.2, 0) is 11.3 Å². The molecule has 0 amide bonds. The maximum Gasteiger partial charge on any atom is 0.213 e. The summed E-state index contributed by atoms with van der Waals surface area (Å²) in [5.74, 6) is 0. The van der Waals surface area contributed by atoms with Gasteiger partial charge in [0.15, 0.2) is 0 Å². The van der Waals surface area contributed by atoms with Crippen LogP contribution < -0.4 is 5.32 Å². The Hall–Kier alpha value is -1.15. The summed E-state index contributed by atoms with van der Waals surface area (Å²) < 4.78 is 0. The van der Waals surface area contributed by atoms with Crippen LogP contribution in [0.15, 0.2) is 24.3 Å². The average molecular weight is 162 g/mol. The van der Waals surface area contributed by atoms with Gasteiger partial charge in [-0.15, -0.1) is 0 Å². The lowest BCUT2D eigenvalue weighted by Gasteiger charge is -2.03. The van der Waals surface area contributed by atoms with Gasteiger partial charge in [0.25, 0.3) is 0 Å². The van der Waals surface area contributed by atoms with Gasteiger partial charge in [0.05, 0.1) is 6.54 Å². The van der Waals surface area contributed by atoms with Gasteiger partial charge < -0.3 is 5.32 Å². The molecule has 0 saturated carbocycles. The molecule has 63 valence electrons. The summed E-state index contributed by atoms with van der Waals surface area (Å²) in [5.41, 5.74) is 2.48. The van der Waals surface area contributed by atoms with Crippen LogP contribution in [0.5, 0.6) is 0 Å². The molecule has 0 aliphatic carbocycles. The van der Waals surface area contributed by atoms with Crippen molar-refractivity contribution in [2.45, 2.75) is 13.5 Å². The molecular weight excluding hydrogens is 150 g/mol. The van der Waals surface area contributed by atoms with Crippen LogP contribution in [0.25, 0.3) is 0 Å². The van der Waals surface area contributed by atoms with Crippen molar-refractivity contribution in [3.05, 3.63) is 35.4 Å². The Labute approximate surface area is 72.6 Å². The van der Waals surface area contributed by atoms with Gasteiger partial charge in [-0.2, -0.15) is 0 Å². The largest absolute Gasteiger partial charge is 0.305 e. The molecule has 2 nitrogen and oxygen atoms in total. The first-order valence-electron chi connectivity index (χ1n) is 3.95. The third-order valence-electron chi connectivity index (χ3n) is 1.77. The van der Waals surface area contributed by atoms with E-state index < -0.39 is 0 Å². The second kappa shape index (κ2) is 4.67. The second-order valence-corrected chi connectivity index (χ2v) is 2.67. The molecule has 0 fully saturated rings. The van der Waals surface area contributed by atoms with Crippen LogP contribution in [0.2, 0.25) is 0 Å². The van der Waals surface area contributed by atoms with Crippen molar-refractivity contribution in [2.24, 2.45) is 0 Å². The topological polar surface area (TPSA) is 29.1 Å². The normalized spacial score (nSPS) is 9.75. The van der Waals surface area contributed by atoms with E-state index >= 15 is 0 Å². The summed E-state index contributed by atoms with van der Waals surface area (Å²) in [7, 11) is 0. The number of aryl methyl sites for hydroxylation is 1. The predicted molar refractivity (Wildman–Crippen MR) is 48.6 cm³/mol. The van der Waals surface area contributed by atoms with Crippen LogP contribution in [0.3, 0.4) is 0 Å². The molecule has 2 heteroatoms. The molecule has 1 rings (SSSR count). The van der Waals surface area contributed by atoms with Crippen molar-refractivity contribution in [3.63, 3.8) is 0 Å². The van der Waals surface area contributed by atoms with Gasteiger partial charge in [0.1, 0.15) is 0 Å². The minimum atomic E-state index is 0.300. The van der Waals surface area contributed by atoms with Crippen LogP contribution >= 0.6 is 0 Å². The molecule has 0 aliphatic heterocycles. The minimum Gasteiger partial charge on any atom is -0.305 e. The number of carbonyl (C=O) groups excluding carboxylic acids is 1. The standard InChI is InChI=1S/C10H12NO/c1-9-4-2-3-5-10(9)8-11-6-7-12/h2-5,11H,6,8H2,1H3. The molecule has 0 aromatic heterocycles. The lowest BCUT2D eigenvalue weighted by Crippen LogP contribution is -2.15. The van der Waals surface area contributed by atoms with Gasteiger partial charge in [-0.1, -0.05) is 24.3 Å². The van der Waals surface area contributed by atoms with Crippen LogP contribution in [0.4, 0.5) is 0 Å². The Morgan fingerprint density at radius 2 is 2.17 bits per heavy atom. The van der Waals surface area contributed by atoms with Gasteiger partial charge in [-0.05, 0) is 18.1 Å². The quantitative estimate of drug-likeness (QED) is 0.674. The Morgan fingerprint density at radius 3 is 2.83 bits per heavy atom.